The minimum absolute atomic E-state index is 0.0661. The lowest BCUT2D eigenvalue weighted by Gasteiger charge is -2.35. The van der Waals surface area contributed by atoms with Crippen LogP contribution in [0.4, 0.5) is 10.2 Å². The number of nitrogens with zero attached hydrogens (tertiary/aromatic N) is 6. The van der Waals surface area contributed by atoms with Crippen LogP contribution in [0.15, 0.2) is 24.3 Å². The van der Waals surface area contributed by atoms with E-state index in [0.717, 1.165) is 22.5 Å². The Bertz CT molecular complexity index is 1040. The number of anilines is 1. The van der Waals surface area contributed by atoms with E-state index in [1.807, 2.05) is 25.6 Å². The largest absolute Gasteiger partial charge is 0.484 e. The fourth-order valence-corrected chi connectivity index (χ4v) is 3.58. The number of ether oxygens (including phenoxy) is 1. The van der Waals surface area contributed by atoms with Crippen LogP contribution < -0.4 is 9.64 Å². The van der Waals surface area contributed by atoms with Crippen LogP contribution in [0, 0.1) is 19.7 Å². The summed E-state index contributed by atoms with van der Waals surface area (Å²) in [7, 11) is 1.89. The Kier molecular flexibility index (Phi) is 5.04. The first kappa shape index (κ1) is 19.1. The molecule has 0 spiro atoms. The molecule has 0 bridgehead atoms. The molecular weight excluding hydrogens is 375 g/mol. The van der Waals surface area contributed by atoms with Gasteiger partial charge in [-0.2, -0.15) is 5.10 Å². The molecule has 3 aromatic rings. The number of amides is 1. The first-order valence-electron chi connectivity index (χ1n) is 9.51. The van der Waals surface area contributed by atoms with E-state index in [1.165, 1.54) is 24.3 Å². The first-order valence-corrected chi connectivity index (χ1v) is 9.51. The van der Waals surface area contributed by atoms with Crippen LogP contribution in [0.2, 0.25) is 0 Å². The molecule has 0 aliphatic carbocycles. The van der Waals surface area contributed by atoms with E-state index < -0.39 is 0 Å². The van der Waals surface area contributed by atoms with Gasteiger partial charge in [-0.3, -0.25) is 9.48 Å². The Balaban J connectivity index is 1.41. The molecule has 0 unspecified atom stereocenters. The lowest BCUT2D eigenvalue weighted by atomic mass is 10.2. The minimum atomic E-state index is -0.336. The monoisotopic (exact) mass is 398 g/mol. The predicted octanol–water partition coefficient (Wildman–Crippen LogP) is 1.85. The van der Waals surface area contributed by atoms with Gasteiger partial charge in [0.05, 0.1) is 5.69 Å². The molecular formula is C20H23FN6O2. The molecule has 0 N–H and O–H groups in total. The zero-order valence-corrected chi connectivity index (χ0v) is 16.7. The van der Waals surface area contributed by atoms with Crippen molar-refractivity contribution >= 4 is 22.8 Å². The summed E-state index contributed by atoms with van der Waals surface area (Å²) >= 11 is 0. The van der Waals surface area contributed by atoms with Gasteiger partial charge in [-0.25, -0.2) is 14.4 Å². The third-order valence-electron chi connectivity index (χ3n) is 5.05. The van der Waals surface area contributed by atoms with Gasteiger partial charge in [0.2, 0.25) is 0 Å². The van der Waals surface area contributed by atoms with Crippen molar-refractivity contribution < 1.29 is 13.9 Å². The van der Waals surface area contributed by atoms with Crippen molar-refractivity contribution in [2.75, 3.05) is 37.7 Å². The van der Waals surface area contributed by atoms with E-state index in [9.17, 15) is 9.18 Å². The summed E-state index contributed by atoms with van der Waals surface area (Å²) in [6.45, 7) is 6.23. The Morgan fingerprint density at radius 3 is 2.48 bits per heavy atom. The maximum absolute atomic E-state index is 13.0. The summed E-state index contributed by atoms with van der Waals surface area (Å²) in [4.78, 5) is 25.6. The molecule has 9 heteroatoms. The predicted molar refractivity (Wildman–Crippen MR) is 106 cm³/mol. The van der Waals surface area contributed by atoms with Crippen LogP contribution in [0.5, 0.6) is 5.75 Å². The third-order valence-corrected chi connectivity index (χ3v) is 5.05. The highest BCUT2D eigenvalue weighted by molar-refractivity contribution is 5.88. The second kappa shape index (κ2) is 7.65. The van der Waals surface area contributed by atoms with Crippen molar-refractivity contribution in [1.29, 1.82) is 0 Å². The van der Waals surface area contributed by atoms with Gasteiger partial charge < -0.3 is 14.5 Å². The van der Waals surface area contributed by atoms with Crippen molar-refractivity contribution in [3.63, 3.8) is 0 Å². The standard InChI is InChI=1S/C20H23FN6O2/c1-13-18-19(25(3)24-13)20(23-14(2)22-18)27-10-8-26(9-11-27)17(28)12-29-16-6-4-15(21)5-7-16/h4-7H,8-12H2,1-3H3. The fraction of sp³-hybridized carbons (Fsp3) is 0.400. The smallest absolute Gasteiger partial charge is 0.260 e. The SMILES string of the molecule is Cc1nc(N2CCN(C(=O)COc3ccc(F)cc3)CC2)c2c(n1)c(C)nn2C. The number of rotatable bonds is 4. The zero-order valence-electron chi connectivity index (χ0n) is 16.7. The molecule has 1 saturated heterocycles. The fourth-order valence-electron chi connectivity index (χ4n) is 3.58. The number of hydrogen-bond donors (Lipinski definition) is 0. The molecule has 29 heavy (non-hydrogen) atoms. The summed E-state index contributed by atoms with van der Waals surface area (Å²) in [5.74, 6) is 1.61. The second-order valence-electron chi connectivity index (χ2n) is 7.11. The number of hydrogen-bond acceptors (Lipinski definition) is 6. The Morgan fingerprint density at radius 1 is 1.10 bits per heavy atom. The Hall–Kier alpha value is -3.23. The molecule has 152 valence electrons. The quantitative estimate of drug-likeness (QED) is 0.668. The van der Waals surface area contributed by atoms with Crippen LogP contribution in [-0.4, -0.2) is 63.3 Å². The van der Waals surface area contributed by atoms with Gasteiger partial charge in [-0.15, -0.1) is 0 Å². The van der Waals surface area contributed by atoms with Crippen molar-refractivity contribution in [2.24, 2.45) is 7.05 Å². The molecule has 1 fully saturated rings. The molecule has 2 aromatic heterocycles. The lowest BCUT2D eigenvalue weighted by molar-refractivity contribution is -0.133. The number of fused-ring (bicyclic) bond motifs is 1. The van der Waals surface area contributed by atoms with Gasteiger partial charge in [-0.05, 0) is 38.1 Å². The normalized spacial score (nSPS) is 14.5. The number of piperazine rings is 1. The van der Waals surface area contributed by atoms with Crippen molar-refractivity contribution in [2.45, 2.75) is 13.8 Å². The average Bonchev–Trinajstić information content (AvgIpc) is 3.00. The van der Waals surface area contributed by atoms with E-state index in [1.54, 1.807) is 4.90 Å². The summed E-state index contributed by atoms with van der Waals surface area (Å²) in [5, 5.41) is 4.47. The number of carbonyl (C=O) groups excluding carboxylic acids is 1. The van der Waals surface area contributed by atoms with Crippen molar-refractivity contribution in [1.82, 2.24) is 24.6 Å². The van der Waals surface area contributed by atoms with Gasteiger partial charge in [0.15, 0.2) is 12.4 Å². The summed E-state index contributed by atoms with van der Waals surface area (Å²) in [5.41, 5.74) is 2.65. The van der Waals surface area contributed by atoms with E-state index in [4.69, 9.17) is 4.74 Å². The third kappa shape index (κ3) is 3.85. The van der Waals surface area contributed by atoms with Crippen molar-refractivity contribution in [3.8, 4) is 5.75 Å². The molecule has 1 amide bonds. The summed E-state index contributed by atoms with van der Waals surface area (Å²) in [6, 6.07) is 5.64. The summed E-state index contributed by atoms with van der Waals surface area (Å²) in [6.07, 6.45) is 0. The number of halogens is 1. The molecule has 3 heterocycles. The van der Waals surface area contributed by atoms with Crippen LogP contribution >= 0.6 is 0 Å². The van der Waals surface area contributed by atoms with E-state index in [-0.39, 0.29) is 18.3 Å². The lowest BCUT2D eigenvalue weighted by Crippen LogP contribution is -2.50. The van der Waals surface area contributed by atoms with Crippen LogP contribution in [-0.2, 0) is 11.8 Å². The number of carbonyl (C=O) groups is 1. The summed E-state index contributed by atoms with van der Waals surface area (Å²) < 4.78 is 20.2. The van der Waals surface area contributed by atoms with Crippen molar-refractivity contribution in [3.05, 3.63) is 41.6 Å². The Morgan fingerprint density at radius 2 is 1.79 bits per heavy atom. The minimum Gasteiger partial charge on any atom is -0.484 e. The number of aromatic nitrogens is 4. The zero-order chi connectivity index (χ0) is 20.5. The van der Waals surface area contributed by atoms with E-state index in [0.29, 0.717) is 37.8 Å². The maximum Gasteiger partial charge on any atom is 0.260 e. The second-order valence-corrected chi connectivity index (χ2v) is 7.11. The highest BCUT2D eigenvalue weighted by Crippen LogP contribution is 2.26. The molecule has 8 nitrogen and oxygen atoms in total. The highest BCUT2D eigenvalue weighted by atomic mass is 19.1. The van der Waals surface area contributed by atoms with Gasteiger partial charge in [0, 0.05) is 33.2 Å². The molecule has 1 aliphatic rings. The highest BCUT2D eigenvalue weighted by Gasteiger charge is 2.25. The van der Waals surface area contributed by atoms with E-state index >= 15 is 0 Å². The van der Waals surface area contributed by atoms with Gasteiger partial charge in [0.1, 0.15) is 28.4 Å². The molecule has 0 atom stereocenters. The first-order chi connectivity index (χ1) is 13.9. The maximum atomic E-state index is 13.0. The van der Waals surface area contributed by atoms with Crippen LogP contribution in [0.25, 0.3) is 11.0 Å². The number of aryl methyl sites for hydroxylation is 3. The molecule has 0 radical (unpaired) electrons. The van der Waals surface area contributed by atoms with Gasteiger partial charge in [-0.1, -0.05) is 0 Å². The van der Waals surface area contributed by atoms with E-state index in [2.05, 4.69) is 20.0 Å². The molecule has 1 aromatic carbocycles. The molecule has 4 rings (SSSR count). The van der Waals surface area contributed by atoms with Gasteiger partial charge >= 0.3 is 0 Å². The van der Waals surface area contributed by atoms with Crippen LogP contribution in [0.1, 0.15) is 11.5 Å². The topological polar surface area (TPSA) is 76.4 Å². The van der Waals surface area contributed by atoms with Gasteiger partial charge in [0.25, 0.3) is 5.91 Å². The average molecular weight is 398 g/mol. The molecule has 1 aliphatic heterocycles. The molecule has 0 saturated carbocycles. The van der Waals surface area contributed by atoms with Crippen LogP contribution in [0.3, 0.4) is 0 Å². The number of benzene rings is 1. The Labute approximate surface area is 167 Å².